The lowest BCUT2D eigenvalue weighted by atomic mass is 10.00. The molecule has 1 amide bonds. The molecule has 0 bridgehead atoms. The Morgan fingerprint density at radius 1 is 1.29 bits per heavy atom. The number of hydrogen-bond acceptors (Lipinski definition) is 3. The second kappa shape index (κ2) is 5.61. The van der Waals surface area contributed by atoms with E-state index in [0.29, 0.717) is 31.6 Å². The summed E-state index contributed by atoms with van der Waals surface area (Å²) in [6.45, 7) is 0.684. The minimum absolute atomic E-state index is 0.0000699. The molecule has 0 atom stereocenters. The molecule has 3 rings (SSSR count). The van der Waals surface area contributed by atoms with Crippen molar-refractivity contribution in [1.82, 2.24) is 4.98 Å². The van der Waals surface area contributed by atoms with Crippen molar-refractivity contribution in [2.75, 3.05) is 4.90 Å². The first-order valence-corrected chi connectivity index (χ1v) is 6.90. The minimum Gasteiger partial charge on any atom is -0.325 e. The predicted molar refractivity (Wildman–Crippen MR) is 78.0 cm³/mol. The maximum Gasteiger partial charge on any atom is 0.227 e. The Balaban J connectivity index is 1.98. The van der Waals surface area contributed by atoms with Gasteiger partial charge in [-0.25, -0.2) is 4.39 Å². The number of hydrogen-bond donors (Lipinski definition) is 1. The molecule has 108 valence electrons. The number of nitrogens with zero attached hydrogens (tertiary/aromatic N) is 2. The van der Waals surface area contributed by atoms with Crippen LogP contribution < -0.4 is 10.6 Å². The maximum absolute atomic E-state index is 13.5. The third-order valence-electron chi connectivity index (χ3n) is 3.75. The molecule has 21 heavy (non-hydrogen) atoms. The molecule has 0 fully saturated rings. The number of carbonyl (C=O) groups excluding carboxylic acids is 1. The first kappa shape index (κ1) is 13.7. The molecule has 1 aromatic heterocycles. The molecule has 0 saturated carbocycles. The SMILES string of the molecule is NCc1ncccc1CN1C(=O)CCc2ccc(F)cc21. The van der Waals surface area contributed by atoms with Crippen molar-refractivity contribution >= 4 is 11.6 Å². The van der Waals surface area contributed by atoms with Gasteiger partial charge in [-0.05, 0) is 35.7 Å². The highest BCUT2D eigenvalue weighted by atomic mass is 19.1. The molecule has 4 nitrogen and oxygen atoms in total. The molecule has 0 saturated heterocycles. The average molecular weight is 285 g/mol. The highest BCUT2D eigenvalue weighted by Crippen LogP contribution is 2.30. The Labute approximate surface area is 122 Å². The van der Waals surface area contributed by atoms with E-state index in [1.807, 2.05) is 12.1 Å². The van der Waals surface area contributed by atoms with Crippen molar-refractivity contribution in [2.45, 2.75) is 25.9 Å². The van der Waals surface area contributed by atoms with Crippen LogP contribution in [0.1, 0.15) is 23.2 Å². The molecule has 0 spiro atoms. The summed E-state index contributed by atoms with van der Waals surface area (Å²) in [7, 11) is 0. The fraction of sp³-hybridized carbons (Fsp3) is 0.250. The second-order valence-corrected chi connectivity index (χ2v) is 5.07. The van der Waals surface area contributed by atoms with Crippen LogP contribution in [0.3, 0.4) is 0 Å². The monoisotopic (exact) mass is 285 g/mol. The maximum atomic E-state index is 13.5. The largest absolute Gasteiger partial charge is 0.325 e. The molecular formula is C16H16FN3O. The Kier molecular flexibility index (Phi) is 3.66. The van der Waals surface area contributed by atoms with E-state index in [4.69, 9.17) is 5.73 Å². The summed E-state index contributed by atoms with van der Waals surface area (Å²) in [6.07, 6.45) is 2.77. The van der Waals surface area contributed by atoms with E-state index in [0.717, 1.165) is 16.8 Å². The fourth-order valence-corrected chi connectivity index (χ4v) is 2.65. The summed E-state index contributed by atoms with van der Waals surface area (Å²) in [5.74, 6) is -0.335. The van der Waals surface area contributed by atoms with Crippen molar-refractivity contribution in [3.8, 4) is 0 Å². The number of rotatable bonds is 3. The number of amides is 1. The lowest BCUT2D eigenvalue weighted by Gasteiger charge is -2.30. The third kappa shape index (κ3) is 2.64. The zero-order chi connectivity index (χ0) is 14.8. The quantitative estimate of drug-likeness (QED) is 0.940. The number of anilines is 1. The molecule has 1 aliphatic heterocycles. The Bertz CT molecular complexity index is 687. The van der Waals surface area contributed by atoms with E-state index in [1.165, 1.54) is 12.1 Å². The van der Waals surface area contributed by atoms with Gasteiger partial charge in [0, 0.05) is 19.2 Å². The van der Waals surface area contributed by atoms with Gasteiger partial charge in [0.05, 0.1) is 17.9 Å². The van der Waals surface area contributed by atoms with E-state index in [1.54, 1.807) is 17.2 Å². The summed E-state index contributed by atoms with van der Waals surface area (Å²) in [5, 5.41) is 0. The highest BCUT2D eigenvalue weighted by molar-refractivity contribution is 5.96. The number of carbonyl (C=O) groups is 1. The van der Waals surface area contributed by atoms with E-state index in [9.17, 15) is 9.18 Å². The lowest BCUT2D eigenvalue weighted by molar-refractivity contribution is -0.119. The summed E-state index contributed by atoms with van der Waals surface area (Å²) < 4.78 is 13.5. The summed E-state index contributed by atoms with van der Waals surface area (Å²) in [5.41, 5.74) is 8.98. The van der Waals surface area contributed by atoms with Crippen LogP contribution in [-0.2, 0) is 24.3 Å². The van der Waals surface area contributed by atoms with Crippen molar-refractivity contribution in [2.24, 2.45) is 5.73 Å². The van der Waals surface area contributed by atoms with Crippen LogP contribution in [0.2, 0.25) is 0 Å². The van der Waals surface area contributed by atoms with Crippen LogP contribution in [0.25, 0.3) is 0 Å². The molecule has 0 unspecified atom stereocenters. The van der Waals surface area contributed by atoms with Gasteiger partial charge in [0.25, 0.3) is 0 Å². The number of benzene rings is 1. The van der Waals surface area contributed by atoms with Crippen LogP contribution in [0.4, 0.5) is 10.1 Å². The zero-order valence-corrected chi connectivity index (χ0v) is 11.6. The van der Waals surface area contributed by atoms with E-state index >= 15 is 0 Å². The summed E-state index contributed by atoms with van der Waals surface area (Å²) in [6, 6.07) is 8.32. The number of fused-ring (bicyclic) bond motifs is 1. The van der Waals surface area contributed by atoms with Gasteiger partial charge < -0.3 is 10.6 Å². The number of aromatic nitrogens is 1. The summed E-state index contributed by atoms with van der Waals surface area (Å²) in [4.78, 5) is 18.1. The smallest absolute Gasteiger partial charge is 0.227 e. The van der Waals surface area contributed by atoms with Crippen molar-refractivity contribution in [3.05, 3.63) is 59.2 Å². The van der Waals surface area contributed by atoms with Gasteiger partial charge in [0.15, 0.2) is 0 Å². The van der Waals surface area contributed by atoms with Crippen LogP contribution >= 0.6 is 0 Å². The van der Waals surface area contributed by atoms with Gasteiger partial charge >= 0.3 is 0 Å². The van der Waals surface area contributed by atoms with Crippen LogP contribution in [0.5, 0.6) is 0 Å². The van der Waals surface area contributed by atoms with Crippen molar-refractivity contribution < 1.29 is 9.18 Å². The van der Waals surface area contributed by atoms with Gasteiger partial charge in [-0.3, -0.25) is 9.78 Å². The summed E-state index contributed by atoms with van der Waals surface area (Å²) >= 11 is 0. The molecule has 0 radical (unpaired) electrons. The molecular weight excluding hydrogens is 269 g/mol. The van der Waals surface area contributed by atoms with Gasteiger partial charge in [-0.1, -0.05) is 12.1 Å². The second-order valence-electron chi connectivity index (χ2n) is 5.07. The zero-order valence-electron chi connectivity index (χ0n) is 11.6. The van der Waals surface area contributed by atoms with E-state index < -0.39 is 0 Å². The van der Waals surface area contributed by atoms with Crippen molar-refractivity contribution in [3.63, 3.8) is 0 Å². The number of pyridine rings is 1. The van der Waals surface area contributed by atoms with Crippen LogP contribution in [-0.4, -0.2) is 10.9 Å². The van der Waals surface area contributed by atoms with Gasteiger partial charge in [0.1, 0.15) is 5.82 Å². The fourth-order valence-electron chi connectivity index (χ4n) is 2.65. The van der Waals surface area contributed by atoms with Gasteiger partial charge in [-0.15, -0.1) is 0 Å². The predicted octanol–water partition coefficient (Wildman–Crippen LogP) is 2.16. The van der Waals surface area contributed by atoms with Crippen LogP contribution in [0.15, 0.2) is 36.5 Å². The normalized spacial score (nSPS) is 14.2. The molecule has 2 N–H and O–H groups in total. The Hall–Kier alpha value is -2.27. The minimum atomic E-state index is -0.335. The number of halogens is 1. The molecule has 0 aliphatic carbocycles. The number of nitrogens with two attached hydrogens (primary N) is 1. The Morgan fingerprint density at radius 3 is 2.95 bits per heavy atom. The standard InChI is InChI=1S/C16H16FN3O/c17-13-5-3-11-4-6-16(21)20(15(11)8-13)10-12-2-1-7-19-14(12)9-18/h1-3,5,7-8H,4,6,9-10,18H2. The van der Waals surface area contributed by atoms with Crippen LogP contribution in [0, 0.1) is 5.82 Å². The van der Waals surface area contributed by atoms with Crippen molar-refractivity contribution in [1.29, 1.82) is 0 Å². The lowest BCUT2D eigenvalue weighted by Crippen LogP contribution is -2.35. The Morgan fingerprint density at radius 2 is 2.14 bits per heavy atom. The highest BCUT2D eigenvalue weighted by Gasteiger charge is 2.25. The molecule has 1 aliphatic rings. The number of aryl methyl sites for hydroxylation is 1. The molecule has 2 aromatic rings. The average Bonchev–Trinajstić information content (AvgIpc) is 2.50. The van der Waals surface area contributed by atoms with E-state index in [2.05, 4.69) is 4.98 Å². The molecule has 5 heteroatoms. The van der Waals surface area contributed by atoms with Gasteiger partial charge in [-0.2, -0.15) is 0 Å². The molecule has 1 aromatic carbocycles. The topological polar surface area (TPSA) is 59.2 Å². The molecule has 2 heterocycles. The third-order valence-corrected chi connectivity index (χ3v) is 3.75. The first-order valence-electron chi connectivity index (χ1n) is 6.90. The van der Waals surface area contributed by atoms with E-state index in [-0.39, 0.29) is 11.7 Å². The van der Waals surface area contributed by atoms with Gasteiger partial charge in [0.2, 0.25) is 5.91 Å². The first-order chi connectivity index (χ1) is 10.2.